The summed E-state index contributed by atoms with van der Waals surface area (Å²) in [7, 11) is 0. The first kappa shape index (κ1) is 21.3. The Labute approximate surface area is 152 Å². The fourth-order valence-electron chi connectivity index (χ4n) is 3.48. The van der Waals surface area contributed by atoms with Gasteiger partial charge in [0.25, 0.3) is 0 Å². The predicted molar refractivity (Wildman–Crippen MR) is 107 cm³/mol. The Morgan fingerprint density at radius 1 is 0.917 bits per heavy atom. The van der Waals surface area contributed by atoms with Crippen LogP contribution in [0.3, 0.4) is 0 Å². The molecule has 0 fully saturated rings. The van der Waals surface area contributed by atoms with Gasteiger partial charge in [-0.3, -0.25) is 0 Å². The molecule has 0 saturated carbocycles. The van der Waals surface area contributed by atoms with E-state index < -0.39 is 24.3 Å². The van der Waals surface area contributed by atoms with Gasteiger partial charge in [-0.2, -0.15) is 0 Å². The normalized spacial score (nSPS) is 12.4. The average Bonchev–Trinajstić information content (AvgIpc) is 2.60. The fourth-order valence-corrected chi connectivity index (χ4v) is 19.4. The Kier molecular flexibility index (Phi) is 10.4. The van der Waals surface area contributed by atoms with E-state index in [0.717, 1.165) is 28.4 Å². The Morgan fingerprint density at radius 3 is 1.75 bits per heavy atom. The summed E-state index contributed by atoms with van der Waals surface area (Å²) >= 11 is -2.88. The standard InChI is InChI=1S/C9H7O2.3C4H9.Sn/c10-9(11)7-6-8-4-2-1-3-5-8;3*1-3-4-2;/h1-6H,(H,10,11);3*1,3-4H2,2H3;. The molecule has 134 valence electrons. The van der Waals surface area contributed by atoms with E-state index >= 15 is 0 Å². The van der Waals surface area contributed by atoms with Crippen molar-refractivity contribution < 1.29 is 9.90 Å². The summed E-state index contributed by atoms with van der Waals surface area (Å²) in [5.74, 6) is -0.655. The number of carboxylic acids is 1. The summed E-state index contributed by atoms with van der Waals surface area (Å²) in [5.41, 5.74) is 1.04. The van der Waals surface area contributed by atoms with Crippen molar-refractivity contribution in [3.05, 3.63) is 39.5 Å². The van der Waals surface area contributed by atoms with E-state index in [1.807, 2.05) is 36.4 Å². The molecule has 0 bridgehead atoms. The molecule has 0 aromatic heterocycles. The second-order valence-corrected chi connectivity index (χ2v) is 20.0. The van der Waals surface area contributed by atoms with Gasteiger partial charge in [0.1, 0.15) is 0 Å². The molecule has 1 aromatic carbocycles. The molecule has 1 rings (SSSR count). The third-order valence-corrected chi connectivity index (χ3v) is 20.4. The number of carbonyl (C=O) groups is 1. The second kappa shape index (κ2) is 11.7. The van der Waals surface area contributed by atoms with Crippen LogP contribution in [0.2, 0.25) is 13.3 Å². The first-order valence-corrected chi connectivity index (χ1v) is 17.1. The average molecular weight is 437 g/mol. The minimum absolute atomic E-state index is 0.655. The van der Waals surface area contributed by atoms with Crippen LogP contribution >= 0.6 is 0 Å². The van der Waals surface area contributed by atoms with Gasteiger partial charge in [-0.15, -0.1) is 0 Å². The van der Waals surface area contributed by atoms with Crippen LogP contribution < -0.4 is 0 Å². The van der Waals surface area contributed by atoms with Gasteiger partial charge in [-0.05, 0) is 0 Å². The molecule has 0 spiro atoms. The molecule has 0 heterocycles. The Balaban J connectivity index is 3.30. The van der Waals surface area contributed by atoms with E-state index in [1.54, 1.807) is 0 Å². The van der Waals surface area contributed by atoms with Crippen molar-refractivity contribution in [1.29, 1.82) is 0 Å². The SMILES string of the molecule is CCC[CH2][Sn]([CH2]CCC)([CH2]CCC)/[C](=C/c1ccccc1)C(=O)O. The summed E-state index contributed by atoms with van der Waals surface area (Å²) in [6.07, 6.45) is 9.05. The number of carboxylic acid groups (broad SMARTS) is 1. The van der Waals surface area contributed by atoms with Crippen LogP contribution in [-0.2, 0) is 4.79 Å². The molecule has 0 atom stereocenters. The Hall–Kier alpha value is -0.771. The third-order valence-electron chi connectivity index (χ3n) is 4.94. The molecule has 0 radical (unpaired) electrons. The van der Waals surface area contributed by atoms with Crippen LogP contribution in [0.25, 0.3) is 6.08 Å². The number of unbranched alkanes of at least 4 members (excludes halogenated alkanes) is 3. The van der Waals surface area contributed by atoms with Crippen molar-refractivity contribution in [3.63, 3.8) is 0 Å². The molecular weight excluding hydrogens is 403 g/mol. The van der Waals surface area contributed by atoms with Gasteiger partial charge in [0.2, 0.25) is 0 Å². The summed E-state index contributed by atoms with van der Waals surface area (Å²) in [4.78, 5) is 12.2. The van der Waals surface area contributed by atoms with Crippen molar-refractivity contribution in [2.45, 2.75) is 72.6 Å². The summed E-state index contributed by atoms with van der Waals surface area (Å²) in [5, 5.41) is 10.1. The predicted octanol–water partition coefficient (Wildman–Crippen LogP) is 6.54. The van der Waals surface area contributed by atoms with Crippen molar-refractivity contribution in [2.75, 3.05) is 0 Å². The molecule has 0 aliphatic heterocycles. The number of hydrogen-bond acceptors (Lipinski definition) is 1. The summed E-state index contributed by atoms with van der Waals surface area (Å²) in [6, 6.07) is 10.0. The Bertz CT molecular complexity index is 486. The third kappa shape index (κ3) is 6.62. The van der Waals surface area contributed by atoms with Gasteiger partial charge in [-0.25, -0.2) is 0 Å². The zero-order chi connectivity index (χ0) is 17.8. The molecule has 24 heavy (non-hydrogen) atoms. The number of rotatable bonds is 12. The molecule has 0 aliphatic rings. The zero-order valence-electron chi connectivity index (χ0n) is 15.7. The molecule has 0 unspecified atom stereocenters. The van der Waals surface area contributed by atoms with Gasteiger partial charge in [-0.1, -0.05) is 0 Å². The van der Waals surface area contributed by atoms with Crippen molar-refractivity contribution in [3.8, 4) is 0 Å². The zero-order valence-corrected chi connectivity index (χ0v) is 18.5. The van der Waals surface area contributed by atoms with E-state index in [4.69, 9.17) is 0 Å². The number of benzene rings is 1. The molecule has 2 nitrogen and oxygen atoms in total. The van der Waals surface area contributed by atoms with Crippen molar-refractivity contribution in [2.24, 2.45) is 0 Å². The van der Waals surface area contributed by atoms with E-state index in [-0.39, 0.29) is 0 Å². The van der Waals surface area contributed by atoms with Crippen LogP contribution in [0.4, 0.5) is 0 Å². The molecule has 1 N–H and O–H groups in total. The van der Waals surface area contributed by atoms with Crippen LogP contribution in [0, 0.1) is 0 Å². The fraction of sp³-hybridized carbons (Fsp3) is 0.571. The van der Waals surface area contributed by atoms with Crippen LogP contribution in [0.5, 0.6) is 0 Å². The van der Waals surface area contributed by atoms with Crippen molar-refractivity contribution >= 4 is 30.4 Å². The first-order chi connectivity index (χ1) is 11.6. The number of hydrogen-bond donors (Lipinski definition) is 1. The van der Waals surface area contributed by atoms with E-state index in [9.17, 15) is 9.90 Å². The van der Waals surface area contributed by atoms with Crippen LogP contribution in [0.15, 0.2) is 33.9 Å². The maximum absolute atomic E-state index is 12.2. The minimum atomic E-state index is -2.88. The van der Waals surface area contributed by atoms with Gasteiger partial charge < -0.3 is 0 Å². The number of aliphatic carboxylic acids is 1. The topological polar surface area (TPSA) is 37.3 Å². The van der Waals surface area contributed by atoms with E-state index in [1.165, 1.54) is 32.6 Å². The Morgan fingerprint density at radius 2 is 1.38 bits per heavy atom. The molecule has 1 aromatic rings. The van der Waals surface area contributed by atoms with Crippen LogP contribution in [-0.4, -0.2) is 29.5 Å². The van der Waals surface area contributed by atoms with Gasteiger partial charge in [0.15, 0.2) is 0 Å². The molecule has 0 aliphatic carbocycles. The summed E-state index contributed by atoms with van der Waals surface area (Å²) in [6.45, 7) is 6.66. The van der Waals surface area contributed by atoms with Crippen LogP contribution in [0.1, 0.15) is 64.9 Å². The van der Waals surface area contributed by atoms with Gasteiger partial charge >= 0.3 is 152 Å². The molecular formula is C21H34O2Sn. The monoisotopic (exact) mass is 438 g/mol. The second-order valence-electron chi connectivity index (χ2n) is 6.86. The van der Waals surface area contributed by atoms with E-state index in [0.29, 0.717) is 0 Å². The van der Waals surface area contributed by atoms with Crippen molar-refractivity contribution in [1.82, 2.24) is 0 Å². The first-order valence-electron chi connectivity index (χ1n) is 9.60. The molecule has 0 amide bonds. The maximum atomic E-state index is 12.2. The molecule has 3 heteroatoms. The van der Waals surface area contributed by atoms with E-state index in [2.05, 4.69) is 20.8 Å². The van der Waals surface area contributed by atoms with Gasteiger partial charge in [0.05, 0.1) is 0 Å². The quantitative estimate of drug-likeness (QED) is 0.298. The summed E-state index contributed by atoms with van der Waals surface area (Å²) < 4.78 is 4.40. The van der Waals surface area contributed by atoms with Gasteiger partial charge in [0, 0.05) is 0 Å². The molecule has 0 saturated heterocycles.